The molecular formula is C18H24N2O4. The van der Waals surface area contributed by atoms with Crippen molar-refractivity contribution in [1.82, 2.24) is 9.88 Å². The van der Waals surface area contributed by atoms with Gasteiger partial charge in [0.25, 0.3) is 0 Å². The quantitative estimate of drug-likeness (QED) is 0.779. The van der Waals surface area contributed by atoms with E-state index in [9.17, 15) is 4.79 Å². The summed E-state index contributed by atoms with van der Waals surface area (Å²) in [4.78, 5) is 18.0. The number of epoxide rings is 1. The zero-order valence-corrected chi connectivity index (χ0v) is 14.7. The predicted octanol–water partition coefficient (Wildman–Crippen LogP) is 2.93. The van der Waals surface area contributed by atoms with Gasteiger partial charge in [-0.1, -0.05) is 0 Å². The van der Waals surface area contributed by atoms with Crippen molar-refractivity contribution in [2.24, 2.45) is 5.41 Å². The Kier molecular flexibility index (Phi) is 3.17. The average Bonchev–Trinajstić information content (AvgIpc) is 3.15. The fourth-order valence-corrected chi connectivity index (χ4v) is 4.25. The summed E-state index contributed by atoms with van der Waals surface area (Å²) in [5, 5.41) is 0. The number of ether oxygens (including phenoxy) is 3. The Hall–Kier alpha value is -1.82. The number of rotatable bonds is 2. The third-order valence-electron chi connectivity index (χ3n) is 5.14. The number of amides is 1. The molecule has 3 aliphatic rings. The summed E-state index contributed by atoms with van der Waals surface area (Å²) < 4.78 is 16.9. The van der Waals surface area contributed by atoms with Crippen LogP contribution in [0.2, 0.25) is 0 Å². The minimum atomic E-state index is -0.442. The molecule has 2 spiro atoms. The molecule has 24 heavy (non-hydrogen) atoms. The molecule has 1 aromatic heterocycles. The first kappa shape index (κ1) is 15.7. The first-order valence-electron chi connectivity index (χ1n) is 8.40. The van der Waals surface area contributed by atoms with Gasteiger partial charge in [0.2, 0.25) is 0 Å². The second kappa shape index (κ2) is 4.85. The Labute approximate surface area is 142 Å². The molecule has 1 saturated carbocycles. The number of carbonyl (C=O) groups excluding carboxylic acids is 1. The largest absolute Gasteiger partial charge is 0.496 e. The molecule has 0 radical (unpaired) electrons. The van der Waals surface area contributed by atoms with E-state index in [4.69, 9.17) is 14.2 Å². The predicted molar refractivity (Wildman–Crippen MR) is 86.8 cm³/mol. The van der Waals surface area contributed by atoms with E-state index in [1.807, 2.05) is 33.0 Å². The van der Waals surface area contributed by atoms with Crippen LogP contribution in [0.25, 0.3) is 0 Å². The van der Waals surface area contributed by atoms with Gasteiger partial charge in [-0.2, -0.15) is 0 Å². The van der Waals surface area contributed by atoms with Crippen LogP contribution in [0.5, 0.6) is 5.75 Å². The monoisotopic (exact) mass is 332 g/mol. The first-order valence-corrected chi connectivity index (χ1v) is 8.40. The Morgan fingerprint density at radius 3 is 2.71 bits per heavy atom. The molecule has 1 unspecified atom stereocenters. The molecule has 3 heterocycles. The van der Waals surface area contributed by atoms with Gasteiger partial charge in [0.15, 0.2) is 0 Å². The number of likely N-dealkylation sites (tertiary alicyclic amines) is 1. The highest BCUT2D eigenvalue weighted by molar-refractivity contribution is 5.69. The number of aromatic nitrogens is 1. The van der Waals surface area contributed by atoms with Gasteiger partial charge < -0.3 is 19.1 Å². The van der Waals surface area contributed by atoms with Gasteiger partial charge in [-0.15, -0.1) is 0 Å². The minimum Gasteiger partial charge on any atom is -0.496 e. The van der Waals surface area contributed by atoms with E-state index in [0.29, 0.717) is 0 Å². The lowest BCUT2D eigenvalue weighted by atomic mass is 9.56. The summed E-state index contributed by atoms with van der Waals surface area (Å²) >= 11 is 0. The summed E-state index contributed by atoms with van der Waals surface area (Å²) in [5.41, 5.74) is 0.720. The molecule has 6 nitrogen and oxygen atoms in total. The van der Waals surface area contributed by atoms with Crippen LogP contribution in [0.15, 0.2) is 18.5 Å². The van der Waals surface area contributed by atoms with Gasteiger partial charge in [0, 0.05) is 36.5 Å². The normalized spacial score (nSPS) is 25.8. The first-order chi connectivity index (χ1) is 11.3. The highest BCUT2D eigenvalue weighted by Gasteiger charge is 2.73. The van der Waals surface area contributed by atoms with Gasteiger partial charge in [0.05, 0.1) is 7.11 Å². The lowest BCUT2D eigenvalue weighted by molar-refractivity contribution is -0.104. The Balaban J connectivity index is 1.33. The molecule has 1 aromatic rings. The van der Waals surface area contributed by atoms with E-state index in [1.54, 1.807) is 18.2 Å². The van der Waals surface area contributed by atoms with E-state index >= 15 is 0 Å². The topological polar surface area (TPSA) is 64.2 Å². The van der Waals surface area contributed by atoms with Crippen LogP contribution in [0, 0.1) is 5.41 Å². The number of nitrogens with zero attached hydrogens (tertiary/aromatic N) is 2. The van der Waals surface area contributed by atoms with Crippen molar-refractivity contribution in [3.63, 3.8) is 0 Å². The number of carbonyl (C=O) groups is 1. The molecule has 130 valence electrons. The van der Waals surface area contributed by atoms with E-state index < -0.39 is 5.60 Å². The molecule has 1 amide bonds. The molecule has 3 fully saturated rings. The maximum Gasteiger partial charge on any atom is 0.410 e. The number of hydrogen-bond donors (Lipinski definition) is 0. The van der Waals surface area contributed by atoms with Crippen molar-refractivity contribution in [2.75, 3.05) is 20.2 Å². The zero-order chi connectivity index (χ0) is 17.2. The maximum absolute atomic E-state index is 12.1. The molecule has 2 aliphatic heterocycles. The second-order valence-corrected chi connectivity index (χ2v) is 8.37. The standard InChI is InChI=1S/C18H24N2O4/c1-16(2,3)24-15(21)20-10-17(11-20)8-18(9-17)14(23-18)12-7-19-6-5-13(12)22-4/h5-7,14H,8-11H2,1-4H3. The maximum atomic E-state index is 12.1. The molecule has 0 N–H and O–H groups in total. The van der Waals surface area contributed by atoms with Gasteiger partial charge in [-0.05, 0) is 39.7 Å². The molecule has 1 atom stereocenters. The van der Waals surface area contributed by atoms with Gasteiger partial charge in [-0.25, -0.2) is 4.79 Å². The highest BCUT2D eigenvalue weighted by Crippen LogP contribution is 2.70. The van der Waals surface area contributed by atoms with Crippen LogP contribution in [0.3, 0.4) is 0 Å². The molecular weight excluding hydrogens is 308 g/mol. The van der Waals surface area contributed by atoms with Crippen LogP contribution in [0.4, 0.5) is 4.79 Å². The Bertz CT molecular complexity index is 668. The van der Waals surface area contributed by atoms with Crippen molar-refractivity contribution in [1.29, 1.82) is 0 Å². The smallest absolute Gasteiger partial charge is 0.410 e. The van der Waals surface area contributed by atoms with E-state index in [1.165, 1.54) is 0 Å². The Morgan fingerprint density at radius 2 is 2.08 bits per heavy atom. The van der Waals surface area contributed by atoms with Crippen LogP contribution < -0.4 is 4.74 Å². The minimum absolute atomic E-state index is 0.0716. The molecule has 2 saturated heterocycles. The van der Waals surface area contributed by atoms with Crippen molar-refractivity contribution >= 4 is 6.09 Å². The Morgan fingerprint density at radius 1 is 1.38 bits per heavy atom. The summed E-state index contributed by atoms with van der Waals surface area (Å²) in [5.74, 6) is 0.830. The number of hydrogen-bond acceptors (Lipinski definition) is 5. The second-order valence-electron chi connectivity index (χ2n) is 8.37. The summed E-state index contributed by atoms with van der Waals surface area (Å²) in [6.45, 7) is 7.21. The average molecular weight is 332 g/mol. The van der Waals surface area contributed by atoms with E-state index in [0.717, 1.165) is 37.2 Å². The lowest BCUT2D eigenvalue weighted by Crippen LogP contribution is -2.66. The third kappa shape index (κ3) is 2.44. The van der Waals surface area contributed by atoms with Crippen molar-refractivity contribution in [2.45, 2.75) is 50.9 Å². The fraction of sp³-hybridized carbons (Fsp3) is 0.667. The van der Waals surface area contributed by atoms with E-state index in [-0.39, 0.29) is 23.2 Å². The van der Waals surface area contributed by atoms with Crippen molar-refractivity contribution in [3.8, 4) is 5.75 Å². The molecule has 6 heteroatoms. The van der Waals surface area contributed by atoms with Crippen LogP contribution in [-0.4, -0.2) is 47.4 Å². The lowest BCUT2D eigenvalue weighted by Gasteiger charge is -2.58. The molecule has 0 aromatic carbocycles. The number of methoxy groups -OCH3 is 1. The third-order valence-corrected chi connectivity index (χ3v) is 5.14. The molecule has 4 rings (SSSR count). The number of pyridine rings is 1. The van der Waals surface area contributed by atoms with Gasteiger partial charge >= 0.3 is 6.09 Å². The fourth-order valence-electron chi connectivity index (χ4n) is 4.25. The van der Waals surface area contributed by atoms with Crippen molar-refractivity contribution < 1.29 is 19.0 Å². The summed E-state index contributed by atoms with van der Waals surface area (Å²) in [6, 6.07) is 1.87. The highest BCUT2D eigenvalue weighted by atomic mass is 16.6. The van der Waals surface area contributed by atoms with Crippen LogP contribution >= 0.6 is 0 Å². The van der Waals surface area contributed by atoms with Gasteiger partial charge in [0.1, 0.15) is 23.1 Å². The summed E-state index contributed by atoms with van der Waals surface area (Å²) in [7, 11) is 1.67. The SMILES string of the molecule is COc1ccncc1C1OC12CC1(CN(C(=O)OC(C)(C)C)C1)C2. The summed E-state index contributed by atoms with van der Waals surface area (Å²) in [6.07, 6.45) is 5.39. The van der Waals surface area contributed by atoms with E-state index in [2.05, 4.69) is 4.98 Å². The zero-order valence-electron chi connectivity index (χ0n) is 14.7. The van der Waals surface area contributed by atoms with Crippen LogP contribution in [-0.2, 0) is 9.47 Å². The molecule has 0 bridgehead atoms. The molecule has 1 aliphatic carbocycles. The van der Waals surface area contributed by atoms with Crippen molar-refractivity contribution in [3.05, 3.63) is 24.0 Å². The van der Waals surface area contributed by atoms with Gasteiger partial charge in [-0.3, -0.25) is 4.98 Å². The van der Waals surface area contributed by atoms with Crippen LogP contribution in [0.1, 0.15) is 45.3 Å².